The highest BCUT2D eigenvalue weighted by Crippen LogP contribution is 2.35. The van der Waals surface area contributed by atoms with Gasteiger partial charge in [-0.05, 0) is 36.0 Å². The van der Waals surface area contributed by atoms with E-state index >= 15 is 0 Å². The van der Waals surface area contributed by atoms with E-state index in [1.807, 2.05) is 26.0 Å². The molecule has 0 aliphatic rings. The molecule has 116 valence electrons. The molecule has 0 saturated heterocycles. The Morgan fingerprint density at radius 3 is 2.24 bits per heavy atom. The normalized spacial score (nSPS) is 15.0. The Kier molecular flexibility index (Phi) is 5.76. The molecular weight excluding hydrogens is 272 g/mol. The standard InChI is InChI=1S/C16H22O5/c1-4-16(3,9-11(2)15(19)20)12-5-7-13(8-6-12)21-10-14(17)18/h5-8,11H,4,9-10H2,1-3H3,(H,17,18)(H,19,20). The van der Waals surface area contributed by atoms with Crippen molar-refractivity contribution in [1.82, 2.24) is 0 Å². The van der Waals surface area contributed by atoms with Crippen LogP contribution in [0.5, 0.6) is 5.75 Å². The molecule has 0 aliphatic carbocycles. The minimum atomic E-state index is -1.02. The molecule has 2 N–H and O–H groups in total. The summed E-state index contributed by atoms with van der Waals surface area (Å²) in [5.74, 6) is -1.74. The van der Waals surface area contributed by atoms with Gasteiger partial charge in [0.15, 0.2) is 6.61 Å². The third-order valence-electron chi connectivity index (χ3n) is 3.87. The minimum Gasteiger partial charge on any atom is -0.482 e. The molecule has 21 heavy (non-hydrogen) atoms. The summed E-state index contributed by atoms with van der Waals surface area (Å²) in [4.78, 5) is 21.5. The van der Waals surface area contributed by atoms with Gasteiger partial charge in [0.2, 0.25) is 0 Å². The van der Waals surface area contributed by atoms with Gasteiger partial charge in [0, 0.05) is 0 Å². The SMILES string of the molecule is CCC(C)(CC(C)C(=O)O)c1ccc(OCC(=O)O)cc1. The number of hydrogen-bond acceptors (Lipinski definition) is 3. The summed E-state index contributed by atoms with van der Waals surface area (Å²) >= 11 is 0. The molecule has 0 heterocycles. The maximum absolute atomic E-state index is 11.1. The molecule has 0 fully saturated rings. The van der Waals surface area contributed by atoms with Gasteiger partial charge in [-0.1, -0.05) is 32.9 Å². The van der Waals surface area contributed by atoms with Crippen LogP contribution < -0.4 is 4.74 Å². The molecule has 2 unspecified atom stereocenters. The molecule has 5 nitrogen and oxygen atoms in total. The number of ether oxygens (including phenoxy) is 1. The largest absolute Gasteiger partial charge is 0.482 e. The van der Waals surface area contributed by atoms with Crippen molar-refractivity contribution in [3.05, 3.63) is 29.8 Å². The average Bonchev–Trinajstić information content (AvgIpc) is 2.45. The number of aliphatic carboxylic acids is 2. The summed E-state index contributed by atoms with van der Waals surface area (Å²) in [6.45, 7) is 5.41. The highest BCUT2D eigenvalue weighted by atomic mass is 16.5. The van der Waals surface area contributed by atoms with Crippen LogP contribution in [-0.2, 0) is 15.0 Å². The van der Waals surface area contributed by atoms with E-state index in [1.54, 1.807) is 19.1 Å². The Hall–Kier alpha value is -2.04. The lowest BCUT2D eigenvalue weighted by atomic mass is 9.74. The van der Waals surface area contributed by atoms with Crippen LogP contribution in [-0.4, -0.2) is 28.8 Å². The lowest BCUT2D eigenvalue weighted by Gasteiger charge is -2.30. The fourth-order valence-electron chi connectivity index (χ4n) is 2.33. The van der Waals surface area contributed by atoms with Crippen molar-refractivity contribution in [3.8, 4) is 5.75 Å². The lowest BCUT2D eigenvalue weighted by Crippen LogP contribution is -2.27. The zero-order chi connectivity index (χ0) is 16.0. The highest BCUT2D eigenvalue weighted by molar-refractivity contribution is 5.69. The number of carbonyl (C=O) groups is 2. The molecule has 0 amide bonds. The third-order valence-corrected chi connectivity index (χ3v) is 3.87. The van der Waals surface area contributed by atoms with Crippen molar-refractivity contribution < 1.29 is 24.5 Å². The maximum atomic E-state index is 11.1. The number of rotatable bonds is 8. The molecule has 0 spiro atoms. The van der Waals surface area contributed by atoms with Crippen LogP contribution in [0.3, 0.4) is 0 Å². The molecule has 0 aromatic heterocycles. The van der Waals surface area contributed by atoms with Gasteiger partial charge >= 0.3 is 11.9 Å². The molecule has 1 rings (SSSR count). The maximum Gasteiger partial charge on any atom is 0.341 e. The smallest absolute Gasteiger partial charge is 0.341 e. The second kappa shape index (κ2) is 7.11. The van der Waals surface area contributed by atoms with Gasteiger partial charge in [-0.15, -0.1) is 0 Å². The lowest BCUT2D eigenvalue weighted by molar-refractivity contribution is -0.142. The first-order chi connectivity index (χ1) is 9.78. The first kappa shape index (κ1) is 17.0. The van der Waals surface area contributed by atoms with E-state index in [4.69, 9.17) is 14.9 Å². The number of carboxylic acids is 2. The van der Waals surface area contributed by atoms with Crippen LogP contribution in [0.15, 0.2) is 24.3 Å². The van der Waals surface area contributed by atoms with Gasteiger partial charge in [0.25, 0.3) is 0 Å². The Labute approximate surface area is 124 Å². The summed E-state index contributed by atoms with van der Waals surface area (Å²) < 4.78 is 5.09. The van der Waals surface area contributed by atoms with Crippen LogP contribution >= 0.6 is 0 Å². The van der Waals surface area contributed by atoms with Crippen LogP contribution in [0.25, 0.3) is 0 Å². The summed E-state index contributed by atoms with van der Waals surface area (Å²) in [5, 5.41) is 17.6. The second-order valence-corrected chi connectivity index (χ2v) is 5.56. The van der Waals surface area contributed by atoms with Gasteiger partial charge < -0.3 is 14.9 Å². The van der Waals surface area contributed by atoms with Crippen molar-refractivity contribution >= 4 is 11.9 Å². The molecule has 1 aromatic rings. The number of carboxylic acid groups (broad SMARTS) is 2. The first-order valence-corrected chi connectivity index (χ1v) is 6.96. The predicted molar refractivity (Wildman–Crippen MR) is 78.6 cm³/mol. The van der Waals surface area contributed by atoms with E-state index in [0.717, 1.165) is 12.0 Å². The van der Waals surface area contributed by atoms with E-state index in [0.29, 0.717) is 12.2 Å². The zero-order valence-electron chi connectivity index (χ0n) is 12.6. The molecule has 1 aromatic carbocycles. The summed E-state index contributed by atoms with van der Waals surface area (Å²) in [5.41, 5.74) is 0.795. The molecule has 0 bridgehead atoms. The summed E-state index contributed by atoms with van der Waals surface area (Å²) in [7, 11) is 0. The summed E-state index contributed by atoms with van der Waals surface area (Å²) in [6.07, 6.45) is 1.37. The third kappa shape index (κ3) is 4.77. The van der Waals surface area contributed by atoms with E-state index in [1.165, 1.54) is 0 Å². The quantitative estimate of drug-likeness (QED) is 0.770. The Morgan fingerprint density at radius 2 is 1.81 bits per heavy atom. The summed E-state index contributed by atoms with van der Waals surface area (Å²) in [6, 6.07) is 7.18. The predicted octanol–water partition coefficient (Wildman–Crippen LogP) is 2.93. The van der Waals surface area contributed by atoms with Crippen LogP contribution in [0.4, 0.5) is 0 Å². The molecule has 0 radical (unpaired) electrons. The van der Waals surface area contributed by atoms with E-state index in [2.05, 4.69) is 0 Å². The Balaban J connectivity index is 2.85. The molecule has 0 saturated carbocycles. The van der Waals surface area contributed by atoms with Crippen molar-refractivity contribution in [2.75, 3.05) is 6.61 Å². The van der Waals surface area contributed by atoms with Crippen molar-refractivity contribution in [2.24, 2.45) is 5.92 Å². The fraction of sp³-hybridized carbons (Fsp3) is 0.500. The Morgan fingerprint density at radius 1 is 1.24 bits per heavy atom. The van der Waals surface area contributed by atoms with Crippen molar-refractivity contribution in [2.45, 2.75) is 39.0 Å². The monoisotopic (exact) mass is 294 g/mol. The van der Waals surface area contributed by atoms with E-state index in [9.17, 15) is 9.59 Å². The topological polar surface area (TPSA) is 83.8 Å². The molecular formula is C16H22O5. The van der Waals surface area contributed by atoms with Crippen molar-refractivity contribution in [3.63, 3.8) is 0 Å². The van der Waals surface area contributed by atoms with E-state index < -0.39 is 17.9 Å². The van der Waals surface area contributed by atoms with Gasteiger partial charge in [-0.3, -0.25) is 4.79 Å². The molecule has 5 heteroatoms. The van der Waals surface area contributed by atoms with Crippen LogP contribution in [0.2, 0.25) is 0 Å². The van der Waals surface area contributed by atoms with Gasteiger partial charge in [-0.25, -0.2) is 4.79 Å². The second-order valence-electron chi connectivity index (χ2n) is 5.56. The molecule has 2 atom stereocenters. The van der Waals surface area contributed by atoms with Crippen LogP contribution in [0, 0.1) is 5.92 Å². The highest BCUT2D eigenvalue weighted by Gasteiger charge is 2.29. The minimum absolute atomic E-state index is 0.233. The van der Waals surface area contributed by atoms with E-state index in [-0.39, 0.29) is 12.0 Å². The first-order valence-electron chi connectivity index (χ1n) is 6.96. The number of hydrogen-bond donors (Lipinski definition) is 2. The van der Waals surface area contributed by atoms with Gasteiger partial charge in [0.1, 0.15) is 5.75 Å². The molecule has 0 aliphatic heterocycles. The van der Waals surface area contributed by atoms with Crippen LogP contribution in [0.1, 0.15) is 39.2 Å². The Bertz CT molecular complexity index is 494. The van der Waals surface area contributed by atoms with Gasteiger partial charge in [-0.2, -0.15) is 0 Å². The average molecular weight is 294 g/mol. The fourth-order valence-corrected chi connectivity index (χ4v) is 2.33. The van der Waals surface area contributed by atoms with Gasteiger partial charge in [0.05, 0.1) is 5.92 Å². The zero-order valence-corrected chi connectivity index (χ0v) is 12.6. The number of benzene rings is 1. The van der Waals surface area contributed by atoms with Crippen molar-refractivity contribution in [1.29, 1.82) is 0 Å².